The van der Waals surface area contributed by atoms with Crippen molar-refractivity contribution in [3.05, 3.63) is 0 Å². The summed E-state index contributed by atoms with van der Waals surface area (Å²) in [4.78, 5) is 38.1. The van der Waals surface area contributed by atoms with E-state index in [4.69, 9.17) is 14.2 Å². The summed E-state index contributed by atoms with van der Waals surface area (Å²) in [5.41, 5.74) is 0. The van der Waals surface area contributed by atoms with Gasteiger partial charge in [-0.15, -0.1) is 0 Å². The molecule has 1 unspecified atom stereocenters. The van der Waals surface area contributed by atoms with Crippen molar-refractivity contribution in [3.63, 3.8) is 0 Å². The van der Waals surface area contributed by atoms with Crippen molar-refractivity contribution < 1.29 is 28.6 Å². The Morgan fingerprint density at radius 1 is 0.313 bits per heavy atom. The number of carbonyl (C=O) groups is 3. The second-order valence-electron chi connectivity index (χ2n) is 21.7. The van der Waals surface area contributed by atoms with Gasteiger partial charge in [0.1, 0.15) is 13.2 Å². The largest absolute Gasteiger partial charge is 0.462 e. The second kappa shape index (κ2) is 53.8. The number of hydrogen-bond acceptors (Lipinski definition) is 6. The van der Waals surface area contributed by atoms with Gasteiger partial charge in [-0.05, 0) is 31.1 Å². The molecular formula is C61H118O6. The van der Waals surface area contributed by atoms with E-state index < -0.39 is 6.10 Å². The normalized spacial score (nSPS) is 12.4. The van der Waals surface area contributed by atoms with Crippen molar-refractivity contribution in [1.82, 2.24) is 0 Å². The summed E-state index contributed by atoms with van der Waals surface area (Å²) in [6.45, 7) is 11.4. The molecule has 0 heterocycles. The Kier molecular flexibility index (Phi) is 52.5. The highest BCUT2D eigenvalue weighted by molar-refractivity contribution is 5.71. The highest BCUT2D eigenvalue weighted by Gasteiger charge is 2.19. The first-order valence-corrected chi connectivity index (χ1v) is 30.3. The van der Waals surface area contributed by atoms with Crippen LogP contribution in [-0.4, -0.2) is 37.2 Å². The van der Waals surface area contributed by atoms with Gasteiger partial charge < -0.3 is 14.2 Å². The zero-order valence-electron chi connectivity index (χ0n) is 46.0. The molecule has 6 heteroatoms. The standard InChI is InChI=1S/C61H118O6/c1-6-8-9-10-11-12-13-14-15-16-20-23-26-29-32-35-41-46-51-59(62)65-54-58(67-61(64)53-48-43-38-37-39-44-49-56(3)4)55-66-60(63)52-47-42-36-33-30-27-24-21-18-17-19-22-25-28-31-34-40-45-50-57(5)7-2/h56-58H,6-55H2,1-5H3/t57?,58-/m0/s1. The van der Waals surface area contributed by atoms with E-state index in [0.717, 1.165) is 69.6 Å². The molecule has 398 valence electrons. The molecule has 0 fully saturated rings. The van der Waals surface area contributed by atoms with Gasteiger partial charge in [0, 0.05) is 19.3 Å². The van der Waals surface area contributed by atoms with Crippen LogP contribution in [0.5, 0.6) is 0 Å². The highest BCUT2D eigenvalue weighted by Crippen LogP contribution is 2.19. The molecule has 0 aromatic carbocycles. The quantitative estimate of drug-likeness (QED) is 0.0343. The molecule has 0 aliphatic rings. The first-order chi connectivity index (χ1) is 32.8. The summed E-state index contributed by atoms with van der Waals surface area (Å²) in [5, 5.41) is 0. The van der Waals surface area contributed by atoms with E-state index in [2.05, 4.69) is 34.6 Å². The van der Waals surface area contributed by atoms with Crippen LogP contribution in [0.2, 0.25) is 0 Å². The minimum atomic E-state index is -0.763. The fourth-order valence-electron chi connectivity index (χ4n) is 9.37. The van der Waals surface area contributed by atoms with Crippen LogP contribution >= 0.6 is 0 Å². The highest BCUT2D eigenvalue weighted by atomic mass is 16.6. The van der Waals surface area contributed by atoms with Gasteiger partial charge in [-0.3, -0.25) is 14.4 Å². The first-order valence-electron chi connectivity index (χ1n) is 30.3. The fourth-order valence-corrected chi connectivity index (χ4v) is 9.37. The van der Waals surface area contributed by atoms with Crippen LogP contribution < -0.4 is 0 Å². The van der Waals surface area contributed by atoms with Crippen molar-refractivity contribution in [3.8, 4) is 0 Å². The third kappa shape index (κ3) is 53.6. The van der Waals surface area contributed by atoms with Gasteiger partial charge in [0.2, 0.25) is 0 Å². The first kappa shape index (κ1) is 65.4. The molecule has 6 nitrogen and oxygen atoms in total. The lowest BCUT2D eigenvalue weighted by Gasteiger charge is -2.18. The van der Waals surface area contributed by atoms with E-state index in [-0.39, 0.29) is 31.1 Å². The Morgan fingerprint density at radius 2 is 0.567 bits per heavy atom. The topological polar surface area (TPSA) is 78.9 Å². The predicted octanol–water partition coefficient (Wildman–Crippen LogP) is 20.0. The number of carbonyl (C=O) groups excluding carboxylic acids is 3. The lowest BCUT2D eigenvalue weighted by atomic mass is 9.99. The molecule has 0 amide bonds. The van der Waals surface area contributed by atoms with Crippen molar-refractivity contribution >= 4 is 17.9 Å². The molecule has 0 aromatic heterocycles. The molecular weight excluding hydrogens is 829 g/mol. The van der Waals surface area contributed by atoms with Gasteiger partial charge in [-0.25, -0.2) is 0 Å². The number of esters is 3. The van der Waals surface area contributed by atoms with Gasteiger partial charge >= 0.3 is 17.9 Å². The van der Waals surface area contributed by atoms with Crippen LogP contribution in [0.4, 0.5) is 0 Å². The summed E-state index contributed by atoms with van der Waals surface area (Å²) < 4.78 is 16.9. The van der Waals surface area contributed by atoms with Crippen LogP contribution in [0, 0.1) is 11.8 Å². The third-order valence-corrected chi connectivity index (χ3v) is 14.3. The summed E-state index contributed by atoms with van der Waals surface area (Å²) in [6, 6.07) is 0. The molecule has 0 bridgehead atoms. The minimum Gasteiger partial charge on any atom is -0.462 e. The van der Waals surface area contributed by atoms with Gasteiger partial charge in [-0.2, -0.15) is 0 Å². The second-order valence-corrected chi connectivity index (χ2v) is 21.7. The molecule has 0 aromatic rings. The smallest absolute Gasteiger partial charge is 0.306 e. The predicted molar refractivity (Wildman–Crippen MR) is 289 cm³/mol. The molecule has 67 heavy (non-hydrogen) atoms. The SMILES string of the molecule is CCCCCCCCCCCCCCCCCCCCC(=O)OC[C@@H](COC(=O)CCCCCCCCCCCCCCCCCCCCC(C)CC)OC(=O)CCCCCCCCC(C)C. The van der Waals surface area contributed by atoms with Crippen LogP contribution in [0.15, 0.2) is 0 Å². The molecule has 0 saturated heterocycles. The average molecular weight is 948 g/mol. The van der Waals surface area contributed by atoms with Crippen molar-refractivity contribution in [2.75, 3.05) is 13.2 Å². The average Bonchev–Trinajstić information content (AvgIpc) is 3.31. The van der Waals surface area contributed by atoms with E-state index in [1.54, 1.807) is 0 Å². The van der Waals surface area contributed by atoms with E-state index in [1.807, 2.05) is 0 Å². The summed E-state index contributed by atoms with van der Waals surface area (Å²) in [5.74, 6) is 0.825. The molecule has 0 spiro atoms. The van der Waals surface area contributed by atoms with Gasteiger partial charge in [0.05, 0.1) is 0 Å². The summed E-state index contributed by atoms with van der Waals surface area (Å²) in [7, 11) is 0. The zero-order chi connectivity index (χ0) is 48.9. The lowest BCUT2D eigenvalue weighted by molar-refractivity contribution is -0.167. The third-order valence-electron chi connectivity index (χ3n) is 14.3. The Balaban J connectivity index is 4.14. The molecule has 0 saturated carbocycles. The van der Waals surface area contributed by atoms with E-state index in [9.17, 15) is 14.4 Å². The number of hydrogen-bond donors (Lipinski definition) is 0. The minimum absolute atomic E-state index is 0.0638. The molecule has 2 atom stereocenters. The maximum Gasteiger partial charge on any atom is 0.306 e. The Bertz CT molecular complexity index is 1030. The lowest BCUT2D eigenvalue weighted by Crippen LogP contribution is -2.30. The van der Waals surface area contributed by atoms with Crippen LogP contribution in [-0.2, 0) is 28.6 Å². The molecule has 0 radical (unpaired) electrons. The molecule has 0 rings (SSSR count). The molecule has 0 N–H and O–H groups in total. The fraction of sp³-hybridized carbons (Fsp3) is 0.951. The summed E-state index contributed by atoms with van der Waals surface area (Å²) in [6.07, 6.45) is 58.3. The van der Waals surface area contributed by atoms with Gasteiger partial charge in [0.15, 0.2) is 6.10 Å². The zero-order valence-corrected chi connectivity index (χ0v) is 46.0. The van der Waals surface area contributed by atoms with E-state index >= 15 is 0 Å². The van der Waals surface area contributed by atoms with Crippen LogP contribution in [0.3, 0.4) is 0 Å². The Hall–Kier alpha value is -1.59. The van der Waals surface area contributed by atoms with Crippen molar-refractivity contribution in [2.45, 2.75) is 349 Å². The number of ether oxygens (including phenoxy) is 3. The van der Waals surface area contributed by atoms with Crippen molar-refractivity contribution in [1.29, 1.82) is 0 Å². The van der Waals surface area contributed by atoms with Crippen LogP contribution in [0.1, 0.15) is 343 Å². The maximum absolute atomic E-state index is 12.8. The monoisotopic (exact) mass is 947 g/mol. The molecule has 0 aliphatic heterocycles. The summed E-state index contributed by atoms with van der Waals surface area (Å²) >= 11 is 0. The Morgan fingerprint density at radius 3 is 0.851 bits per heavy atom. The number of unbranched alkanes of at least 4 members (excludes halogenated alkanes) is 39. The van der Waals surface area contributed by atoms with E-state index in [1.165, 1.54) is 231 Å². The van der Waals surface area contributed by atoms with Gasteiger partial charge in [0.25, 0.3) is 0 Å². The van der Waals surface area contributed by atoms with E-state index in [0.29, 0.717) is 19.3 Å². The maximum atomic E-state index is 12.8. The Labute approximate surface area is 418 Å². The number of rotatable bonds is 55. The van der Waals surface area contributed by atoms with Gasteiger partial charge in [-0.1, -0.05) is 304 Å². The van der Waals surface area contributed by atoms with Crippen LogP contribution in [0.25, 0.3) is 0 Å². The van der Waals surface area contributed by atoms with Crippen molar-refractivity contribution in [2.24, 2.45) is 11.8 Å². The molecule has 0 aliphatic carbocycles.